The first-order valence-corrected chi connectivity index (χ1v) is 7.95. The monoisotopic (exact) mass is 322 g/mol. The largest absolute Gasteiger partial charge is 0.464 e. The van der Waals surface area contributed by atoms with Crippen molar-refractivity contribution in [1.29, 1.82) is 0 Å². The second-order valence-corrected chi connectivity index (χ2v) is 7.54. The lowest BCUT2D eigenvalue weighted by atomic mass is 10.1. The maximum absolute atomic E-state index is 12.9. The van der Waals surface area contributed by atoms with Gasteiger partial charge >= 0.3 is 5.97 Å². The van der Waals surface area contributed by atoms with Gasteiger partial charge in [0.05, 0.1) is 11.5 Å². The Hall–Kier alpha value is -1.53. The van der Waals surface area contributed by atoms with E-state index in [1.54, 1.807) is 24.3 Å². The number of carbonyl (C=O) groups excluding carboxylic acids is 1. The highest BCUT2D eigenvalue weighted by Gasteiger charge is 2.74. The van der Waals surface area contributed by atoms with Crippen LogP contribution < -0.4 is 0 Å². The van der Waals surface area contributed by atoms with Gasteiger partial charge in [-0.15, -0.1) is 0 Å². The van der Waals surface area contributed by atoms with Crippen molar-refractivity contribution < 1.29 is 17.9 Å². The molecule has 0 radical (unpaired) electrons. The summed E-state index contributed by atoms with van der Waals surface area (Å²) in [5, 5.41) is 1.52. The molecule has 1 aliphatic carbocycles. The van der Waals surface area contributed by atoms with E-state index >= 15 is 0 Å². The van der Waals surface area contributed by atoms with E-state index in [0.717, 1.165) is 5.39 Å². The van der Waals surface area contributed by atoms with E-state index < -0.39 is 20.6 Å². The Morgan fingerprint density at radius 3 is 2.48 bits per heavy atom. The standard InChI is InChI=1S/C15H12O4S.H2S/c16-14-15(8-11(15)9-19-14)20(17,18)13-7-3-5-10-4-1-2-6-12(10)13;/h1-7,11H,8-9H2;1H2/t11-,15+;/m0./s1. The van der Waals surface area contributed by atoms with Gasteiger partial charge in [-0.1, -0.05) is 36.4 Å². The van der Waals surface area contributed by atoms with Crippen molar-refractivity contribution in [2.24, 2.45) is 5.92 Å². The maximum Gasteiger partial charge on any atom is 0.328 e. The van der Waals surface area contributed by atoms with Crippen LogP contribution >= 0.6 is 13.5 Å². The fraction of sp³-hybridized carbons (Fsp3) is 0.267. The summed E-state index contributed by atoms with van der Waals surface area (Å²) < 4.78 is 29.4. The molecular weight excluding hydrogens is 308 g/mol. The van der Waals surface area contributed by atoms with Gasteiger partial charge < -0.3 is 4.74 Å². The highest BCUT2D eigenvalue weighted by Crippen LogP contribution is 2.57. The molecule has 4 rings (SSSR count). The molecule has 2 fully saturated rings. The zero-order valence-corrected chi connectivity index (χ0v) is 12.9. The fourth-order valence-corrected chi connectivity index (χ4v) is 5.45. The first-order chi connectivity index (χ1) is 9.57. The first kappa shape index (κ1) is 14.4. The van der Waals surface area contributed by atoms with Crippen LogP contribution in [0, 0.1) is 5.92 Å². The summed E-state index contributed by atoms with van der Waals surface area (Å²) in [6.45, 7) is 0.225. The number of esters is 1. The first-order valence-electron chi connectivity index (χ1n) is 6.47. The number of benzene rings is 2. The maximum atomic E-state index is 12.9. The lowest BCUT2D eigenvalue weighted by molar-refractivity contribution is -0.140. The molecule has 110 valence electrons. The van der Waals surface area contributed by atoms with E-state index in [0.29, 0.717) is 11.8 Å². The van der Waals surface area contributed by atoms with Crippen molar-refractivity contribution in [3.63, 3.8) is 0 Å². The smallest absolute Gasteiger partial charge is 0.328 e. The quantitative estimate of drug-likeness (QED) is 0.794. The highest BCUT2D eigenvalue weighted by atomic mass is 32.2. The summed E-state index contributed by atoms with van der Waals surface area (Å²) in [6.07, 6.45) is 0.386. The highest BCUT2D eigenvalue weighted by molar-refractivity contribution is 7.94. The molecule has 6 heteroatoms. The van der Waals surface area contributed by atoms with Crippen LogP contribution in [0.4, 0.5) is 0 Å². The Balaban J connectivity index is 0.00000132. The summed E-state index contributed by atoms with van der Waals surface area (Å²) in [5.74, 6) is -0.769. The molecule has 2 aromatic rings. The van der Waals surface area contributed by atoms with Crippen molar-refractivity contribution in [3.8, 4) is 0 Å². The van der Waals surface area contributed by atoms with E-state index in [-0.39, 0.29) is 30.9 Å². The topological polar surface area (TPSA) is 60.4 Å². The predicted octanol–water partition coefficient (Wildman–Crippen LogP) is 2.04. The van der Waals surface area contributed by atoms with Crippen LogP contribution in [0.5, 0.6) is 0 Å². The zero-order valence-electron chi connectivity index (χ0n) is 11.1. The van der Waals surface area contributed by atoms with Crippen LogP contribution in [0.3, 0.4) is 0 Å². The van der Waals surface area contributed by atoms with Crippen LogP contribution in [0.2, 0.25) is 0 Å². The molecule has 1 heterocycles. The van der Waals surface area contributed by atoms with Gasteiger partial charge in [0.15, 0.2) is 14.6 Å². The number of ether oxygens (including phenoxy) is 1. The number of hydrogen-bond donors (Lipinski definition) is 0. The Labute approximate surface area is 129 Å². The lowest BCUT2D eigenvalue weighted by Gasteiger charge is -2.13. The molecule has 0 spiro atoms. The summed E-state index contributed by atoms with van der Waals surface area (Å²) in [6, 6.07) is 12.5. The van der Waals surface area contributed by atoms with Gasteiger partial charge in [0.25, 0.3) is 0 Å². The molecule has 0 aromatic heterocycles. The van der Waals surface area contributed by atoms with Crippen LogP contribution in [0.1, 0.15) is 6.42 Å². The van der Waals surface area contributed by atoms with Gasteiger partial charge in [0.1, 0.15) is 0 Å². The Bertz CT molecular complexity index is 838. The summed E-state index contributed by atoms with van der Waals surface area (Å²) >= 11 is 0. The van der Waals surface area contributed by atoms with Crippen LogP contribution in [-0.4, -0.2) is 25.7 Å². The summed E-state index contributed by atoms with van der Waals surface area (Å²) in [7, 11) is -3.71. The van der Waals surface area contributed by atoms with Crippen molar-refractivity contribution >= 4 is 40.1 Å². The third-order valence-electron chi connectivity index (χ3n) is 4.33. The lowest BCUT2D eigenvalue weighted by Crippen LogP contribution is -2.32. The number of sulfone groups is 1. The van der Waals surface area contributed by atoms with Gasteiger partial charge in [-0.3, -0.25) is 4.79 Å². The summed E-state index contributed by atoms with van der Waals surface area (Å²) in [5.41, 5.74) is 0. The molecule has 1 aliphatic heterocycles. The second kappa shape index (κ2) is 4.48. The van der Waals surface area contributed by atoms with Gasteiger partial charge in [-0.25, -0.2) is 8.42 Å². The molecule has 0 unspecified atom stereocenters. The van der Waals surface area contributed by atoms with E-state index in [2.05, 4.69) is 0 Å². The van der Waals surface area contributed by atoms with Crippen molar-refractivity contribution in [2.75, 3.05) is 6.61 Å². The van der Waals surface area contributed by atoms with Crippen molar-refractivity contribution in [2.45, 2.75) is 16.1 Å². The van der Waals surface area contributed by atoms with Crippen molar-refractivity contribution in [1.82, 2.24) is 0 Å². The molecule has 0 amide bonds. The second-order valence-electron chi connectivity index (χ2n) is 5.37. The van der Waals surface area contributed by atoms with E-state index in [4.69, 9.17) is 4.74 Å². The van der Waals surface area contributed by atoms with Gasteiger partial charge in [0, 0.05) is 11.3 Å². The van der Waals surface area contributed by atoms with E-state index in [1.165, 1.54) is 0 Å². The minimum Gasteiger partial charge on any atom is -0.464 e. The number of rotatable bonds is 2. The van der Waals surface area contributed by atoms with Gasteiger partial charge in [0.2, 0.25) is 0 Å². The molecule has 1 saturated carbocycles. The predicted molar refractivity (Wildman–Crippen MR) is 83.3 cm³/mol. The Morgan fingerprint density at radius 1 is 1.10 bits per heavy atom. The Morgan fingerprint density at radius 2 is 1.81 bits per heavy atom. The molecule has 1 saturated heterocycles. The third kappa shape index (κ3) is 1.69. The summed E-state index contributed by atoms with van der Waals surface area (Å²) in [4.78, 5) is 12.1. The fourth-order valence-electron chi connectivity index (χ4n) is 3.11. The Kier molecular flexibility index (Phi) is 3.07. The molecule has 2 aliphatic rings. The molecule has 21 heavy (non-hydrogen) atoms. The van der Waals surface area contributed by atoms with Crippen LogP contribution in [0.25, 0.3) is 10.8 Å². The minimum atomic E-state index is -3.71. The molecule has 4 nitrogen and oxygen atoms in total. The third-order valence-corrected chi connectivity index (χ3v) is 6.89. The molecule has 0 N–H and O–H groups in total. The molecule has 2 aromatic carbocycles. The van der Waals surface area contributed by atoms with Crippen LogP contribution in [0.15, 0.2) is 47.4 Å². The SMILES string of the molecule is O=C1OC[C@@H]2C[C@]12S(=O)(=O)c1cccc2ccccc12.S. The van der Waals surface area contributed by atoms with E-state index in [1.807, 2.05) is 18.2 Å². The zero-order chi connectivity index (χ0) is 14.0. The normalized spacial score (nSPS) is 26.9. The number of carbonyl (C=O) groups is 1. The number of hydrogen-bond acceptors (Lipinski definition) is 4. The molecular formula is C15H14O4S2. The van der Waals surface area contributed by atoms with Gasteiger partial charge in [-0.2, -0.15) is 13.5 Å². The minimum absolute atomic E-state index is 0. The average Bonchev–Trinajstić information content (AvgIpc) is 3.13. The van der Waals surface area contributed by atoms with Crippen molar-refractivity contribution in [3.05, 3.63) is 42.5 Å². The molecule has 2 atom stereocenters. The average molecular weight is 322 g/mol. The number of fused-ring (bicyclic) bond motifs is 2. The van der Waals surface area contributed by atoms with E-state index in [9.17, 15) is 13.2 Å². The van der Waals surface area contributed by atoms with Gasteiger partial charge in [-0.05, 0) is 17.9 Å². The van der Waals surface area contributed by atoms with Crippen LogP contribution in [-0.2, 0) is 19.4 Å². The molecule has 0 bridgehead atoms. The number of cyclic esters (lactones) is 1.